The largest absolute Gasteiger partial charge is 0.465 e. The van der Waals surface area contributed by atoms with Gasteiger partial charge in [-0.2, -0.15) is 0 Å². The third kappa shape index (κ3) is 7.24. The highest BCUT2D eigenvalue weighted by atomic mass is 32.2. The van der Waals surface area contributed by atoms with Gasteiger partial charge >= 0.3 is 5.97 Å². The van der Waals surface area contributed by atoms with Crippen molar-refractivity contribution in [2.45, 2.75) is 37.0 Å². The van der Waals surface area contributed by atoms with E-state index in [4.69, 9.17) is 9.47 Å². The molecule has 0 aliphatic carbocycles. The zero-order valence-electron chi connectivity index (χ0n) is 19.8. The molecular formula is C27H29NO6S. The first-order valence-corrected chi connectivity index (χ1v) is 12.9. The molecule has 0 aromatic heterocycles. The Morgan fingerprint density at radius 2 is 1.57 bits per heavy atom. The van der Waals surface area contributed by atoms with Crippen LogP contribution in [0.2, 0.25) is 0 Å². The topological polar surface area (TPSA) is 98.8 Å². The van der Waals surface area contributed by atoms with Crippen molar-refractivity contribution in [3.63, 3.8) is 0 Å². The number of nitrogens with one attached hydrogen (secondary N) is 1. The predicted octanol–water partition coefficient (Wildman–Crippen LogP) is 4.56. The number of amides is 1. The summed E-state index contributed by atoms with van der Waals surface area (Å²) in [6, 6.07) is 22.3. The van der Waals surface area contributed by atoms with Crippen molar-refractivity contribution in [2.24, 2.45) is 0 Å². The highest BCUT2D eigenvalue weighted by molar-refractivity contribution is 7.92. The molecule has 0 bridgehead atoms. The standard InChI is InChI=1S/C27H29NO6S/c1-3-34-27(30)25(17-18-33-19-21-7-5-4-6-8-21)35(31,32)24-15-13-23(14-16-24)28-26(29)22-11-9-20(2)10-12-22/h4-16,25H,3,17-19H2,1-2H3,(H,28,29). The minimum atomic E-state index is -4.04. The molecule has 0 spiro atoms. The minimum absolute atomic E-state index is 0.0352. The molecule has 0 saturated carbocycles. The van der Waals surface area contributed by atoms with Gasteiger partial charge in [-0.05, 0) is 62.2 Å². The predicted molar refractivity (Wildman–Crippen MR) is 134 cm³/mol. The quantitative estimate of drug-likeness (QED) is 0.309. The van der Waals surface area contributed by atoms with E-state index in [2.05, 4.69) is 5.32 Å². The second kappa shape index (κ2) is 12.3. The van der Waals surface area contributed by atoms with Gasteiger partial charge in [0.05, 0.1) is 18.1 Å². The molecule has 1 unspecified atom stereocenters. The van der Waals surface area contributed by atoms with Crippen molar-refractivity contribution in [3.05, 3.63) is 95.6 Å². The van der Waals surface area contributed by atoms with Crippen LogP contribution in [0.1, 0.15) is 34.8 Å². The molecule has 1 N–H and O–H groups in total. The molecule has 0 fully saturated rings. The van der Waals surface area contributed by atoms with Crippen molar-refractivity contribution >= 4 is 27.4 Å². The normalized spacial score (nSPS) is 12.1. The lowest BCUT2D eigenvalue weighted by atomic mass is 10.1. The third-order valence-electron chi connectivity index (χ3n) is 5.31. The van der Waals surface area contributed by atoms with Crippen LogP contribution in [0.3, 0.4) is 0 Å². The third-order valence-corrected chi connectivity index (χ3v) is 7.42. The highest BCUT2D eigenvalue weighted by Crippen LogP contribution is 2.22. The van der Waals surface area contributed by atoms with Gasteiger partial charge in [0, 0.05) is 17.9 Å². The van der Waals surface area contributed by atoms with Crippen LogP contribution in [0.5, 0.6) is 0 Å². The maximum atomic E-state index is 13.3. The number of aryl methyl sites for hydroxylation is 1. The number of carbonyl (C=O) groups excluding carboxylic acids is 2. The second-order valence-electron chi connectivity index (χ2n) is 7.96. The van der Waals surface area contributed by atoms with Crippen LogP contribution in [0.25, 0.3) is 0 Å². The van der Waals surface area contributed by atoms with Crippen LogP contribution in [-0.4, -0.2) is 38.8 Å². The lowest BCUT2D eigenvalue weighted by Gasteiger charge is -2.17. The molecule has 8 heteroatoms. The van der Waals surface area contributed by atoms with Crippen LogP contribution in [-0.2, 0) is 30.7 Å². The van der Waals surface area contributed by atoms with Crippen molar-refractivity contribution in [1.82, 2.24) is 0 Å². The van der Waals surface area contributed by atoms with E-state index in [1.165, 1.54) is 24.3 Å². The summed E-state index contributed by atoms with van der Waals surface area (Å²) >= 11 is 0. The molecule has 0 radical (unpaired) electrons. The molecule has 0 heterocycles. The summed E-state index contributed by atoms with van der Waals surface area (Å²) in [5.74, 6) is -1.12. The van der Waals surface area contributed by atoms with Gasteiger partial charge in [-0.1, -0.05) is 48.0 Å². The summed E-state index contributed by atoms with van der Waals surface area (Å²) in [5, 5.41) is 1.34. The number of esters is 1. The molecule has 0 aliphatic heterocycles. The molecule has 1 atom stereocenters. The number of ether oxygens (including phenoxy) is 2. The van der Waals surface area contributed by atoms with Crippen LogP contribution in [0.4, 0.5) is 5.69 Å². The second-order valence-corrected chi connectivity index (χ2v) is 10.1. The molecule has 0 aliphatic rings. The van der Waals surface area contributed by atoms with Crippen molar-refractivity contribution < 1.29 is 27.5 Å². The summed E-state index contributed by atoms with van der Waals surface area (Å²) in [4.78, 5) is 24.9. The number of benzene rings is 3. The smallest absolute Gasteiger partial charge is 0.324 e. The average molecular weight is 496 g/mol. The Morgan fingerprint density at radius 3 is 2.20 bits per heavy atom. The minimum Gasteiger partial charge on any atom is -0.465 e. The fraction of sp³-hybridized carbons (Fsp3) is 0.259. The Balaban J connectivity index is 1.68. The van der Waals surface area contributed by atoms with Gasteiger partial charge in [-0.25, -0.2) is 8.42 Å². The van der Waals surface area contributed by atoms with Crippen molar-refractivity contribution in [1.29, 1.82) is 0 Å². The molecule has 3 aromatic carbocycles. The van der Waals surface area contributed by atoms with Crippen LogP contribution in [0, 0.1) is 6.92 Å². The van der Waals surface area contributed by atoms with Crippen LogP contribution < -0.4 is 5.32 Å². The number of rotatable bonds is 11. The Bertz CT molecular complexity index is 1220. The first kappa shape index (κ1) is 26.1. The number of carbonyl (C=O) groups is 2. The summed E-state index contributed by atoms with van der Waals surface area (Å²) in [6.45, 7) is 4.01. The first-order valence-electron chi connectivity index (χ1n) is 11.3. The van der Waals surface area contributed by atoms with Gasteiger partial charge in [-0.15, -0.1) is 0 Å². The molecule has 184 valence electrons. The SMILES string of the molecule is CCOC(=O)C(CCOCc1ccccc1)S(=O)(=O)c1ccc(NC(=O)c2ccc(C)cc2)cc1. The van der Waals surface area contributed by atoms with Gasteiger partial charge in [0.1, 0.15) is 0 Å². The summed E-state index contributed by atoms with van der Waals surface area (Å²) in [7, 11) is -4.04. The highest BCUT2D eigenvalue weighted by Gasteiger charge is 2.35. The molecule has 3 aromatic rings. The Morgan fingerprint density at radius 1 is 0.914 bits per heavy atom. The fourth-order valence-corrected chi connectivity index (χ4v) is 4.96. The molecule has 3 rings (SSSR count). The molecule has 0 saturated heterocycles. The Labute approximate surface area is 206 Å². The summed E-state index contributed by atoms with van der Waals surface area (Å²) in [6.07, 6.45) is -0.0418. The van der Waals surface area contributed by atoms with Gasteiger partial charge in [0.2, 0.25) is 0 Å². The summed E-state index contributed by atoms with van der Waals surface area (Å²) in [5.41, 5.74) is 2.92. The van der Waals surface area contributed by atoms with E-state index in [1.54, 1.807) is 19.1 Å². The van der Waals surface area contributed by atoms with E-state index >= 15 is 0 Å². The van der Waals surface area contributed by atoms with Gasteiger partial charge in [-0.3, -0.25) is 9.59 Å². The zero-order chi connectivity index (χ0) is 25.3. The Kier molecular flexibility index (Phi) is 9.17. The van der Waals surface area contributed by atoms with Gasteiger partial charge in [0.25, 0.3) is 5.91 Å². The number of anilines is 1. The lowest BCUT2D eigenvalue weighted by Crippen LogP contribution is -2.33. The van der Waals surface area contributed by atoms with E-state index in [1.807, 2.05) is 49.4 Å². The van der Waals surface area contributed by atoms with E-state index in [9.17, 15) is 18.0 Å². The number of hydrogen-bond donors (Lipinski definition) is 1. The lowest BCUT2D eigenvalue weighted by molar-refractivity contribution is -0.143. The van der Waals surface area contributed by atoms with E-state index in [0.717, 1.165) is 11.1 Å². The first-order chi connectivity index (χ1) is 16.8. The summed E-state index contributed by atoms with van der Waals surface area (Å²) < 4.78 is 37.1. The van der Waals surface area contributed by atoms with Crippen LogP contribution in [0.15, 0.2) is 83.8 Å². The maximum absolute atomic E-state index is 13.3. The fourth-order valence-electron chi connectivity index (χ4n) is 3.39. The molecule has 35 heavy (non-hydrogen) atoms. The zero-order valence-corrected chi connectivity index (χ0v) is 20.6. The number of hydrogen-bond acceptors (Lipinski definition) is 6. The van der Waals surface area contributed by atoms with Crippen LogP contribution >= 0.6 is 0 Å². The van der Waals surface area contributed by atoms with E-state index in [0.29, 0.717) is 17.9 Å². The average Bonchev–Trinajstić information content (AvgIpc) is 2.85. The van der Waals surface area contributed by atoms with E-state index < -0.39 is 21.1 Å². The Hall–Kier alpha value is -3.49. The molecule has 1 amide bonds. The maximum Gasteiger partial charge on any atom is 0.324 e. The van der Waals surface area contributed by atoms with Crippen molar-refractivity contribution in [3.8, 4) is 0 Å². The van der Waals surface area contributed by atoms with Crippen molar-refractivity contribution in [2.75, 3.05) is 18.5 Å². The number of sulfone groups is 1. The molecule has 7 nitrogen and oxygen atoms in total. The molecular weight excluding hydrogens is 466 g/mol. The van der Waals surface area contributed by atoms with Gasteiger partial charge < -0.3 is 14.8 Å². The van der Waals surface area contributed by atoms with Gasteiger partial charge in [0.15, 0.2) is 15.1 Å². The monoisotopic (exact) mass is 495 g/mol. The van der Waals surface area contributed by atoms with E-state index in [-0.39, 0.29) is 30.4 Å².